The summed E-state index contributed by atoms with van der Waals surface area (Å²) in [6, 6.07) is 14.1. The number of rotatable bonds is 4. The van der Waals surface area contributed by atoms with Crippen molar-refractivity contribution in [1.82, 2.24) is 19.4 Å². The Labute approximate surface area is 177 Å². The number of aromatic nitrogens is 3. The van der Waals surface area contributed by atoms with Gasteiger partial charge in [-0.25, -0.2) is 9.37 Å². The fraction of sp³-hybridized carbons (Fsp3) is 0.261. The molecule has 1 aliphatic rings. The van der Waals surface area contributed by atoms with Crippen LogP contribution in [0.4, 0.5) is 10.1 Å². The molecule has 1 saturated heterocycles. The summed E-state index contributed by atoms with van der Waals surface area (Å²) in [5.74, 6) is -0.240. The number of anilines is 1. The number of fused-ring (bicyclic) bond motifs is 3. The Bertz CT molecular complexity index is 1300. The molecule has 0 bridgehead atoms. The van der Waals surface area contributed by atoms with Crippen molar-refractivity contribution >= 4 is 33.5 Å². The number of amides is 1. The zero-order valence-electron chi connectivity index (χ0n) is 16.9. The van der Waals surface area contributed by atoms with Crippen LogP contribution in [0.25, 0.3) is 21.9 Å². The Balaban J connectivity index is 1.23. The van der Waals surface area contributed by atoms with Gasteiger partial charge in [0.2, 0.25) is 5.91 Å². The first-order valence-electron chi connectivity index (χ1n) is 10.3. The third-order valence-corrected chi connectivity index (χ3v) is 5.87. The summed E-state index contributed by atoms with van der Waals surface area (Å²) >= 11 is 0. The molecule has 1 fully saturated rings. The van der Waals surface area contributed by atoms with Gasteiger partial charge in [-0.1, -0.05) is 18.2 Å². The fourth-order valence-electron chi connectivity index (χ4n) is 4.14. The summed E-state index contributed by atoms with van der Waals surface area (Å²) in [7, 11) is 0. The zero-order valence-corrected chi connectivity index (χ0v) is 16.9. The van der Waals surface area contributed by atoms with Gasteiger partial charge in [-0.05, 0) is 30.3 Å². The molecule has 0 unspecified atom stereocenters. The number of benzene rings is 2. The second-order valence-electron chi connectivity index (χ2n) is 7.73. The summed E-state index contributed by atoms with van der Waals surface area (Å²) in [4.78, 5) is 37.1. The summed E-state index contributed by atoms with van der Waals surface area (Å²) < 4.78 is 14.6. The molecule has 8 heteroatoms. The van der Waals surface area contributed by atoms with Gasteiger partial charge in [0.05, 0.1) is 6.33 Å². The number of nitrogens with zero attached hydrogens (tertiary/aromatic N) is 4. The summed E-state index contributed by atoms with van der Waals surface area (Å²) in [5, 5.41) is 0.914. The van der Waals surface area contributed by atoms with Crippen LogP contribution >= 0.6 is 0 Å². The minimum absolute atomic E-state index is 0.0161. The molecule has 1 N–H and O–H groups in total. The highest BCUT2D eigenvalue weighted by atomic mass is 19.1. The lowest BCUT2D eigenvalue weighted by Gasteiger charge is -2.36. The van der Waals surface area contributed by atoms with Crippen LogP contribution in [0.3, 0.4) is 0 Å². The summed E-state index contributed by atoms with van der Waals surface area (Å²) in [6.45, 7) is 2.88. The molecule has 31 heavy (non-hydrogen) atoms. The monoisotopic (exact) mass is 419 g/mol. The molecule has 3 heterocycles. The van der Waals surface area contributed by atoms with Crippen molar-refractivity contribution in [3.8, 4) is 0 Å². The molecule has 2 aromatic heterocycles. The quantitative estimate of drug-likeness (QED) is 0.552. The first-order chi connectivity index (χ1) is 15.1. The molecule has 158 valence electrons. The Kier molecular flexibility index (Phi) is 4.89. The van der Waals surface area contributed by atoms with Crippen molar-refractivity contribution < 1.29 is 9.18 Å². The Morgan fingerprint density at radius 1 is 1.03 bits per heavy atom. The lowest BCUT2D eigenvalue weighted by atomic mass is 10.2. The van der Waals surface area contributed by atoms with E-state index in [2.05, 4.69) is 14.9 Å². The maximum Gasteiger partial charge on any atom is 0.277 e. The molecule has 0 saturated carbocycles. The SMILES string of the molecule is O=C(CCn1cnc2c([nH]c3ccccc32)c1=O)N1CCN(c2ccc(F)cc2)CC1. The van der Waals surface area contributed by atoms with Gasteiger partial charge >= 0.3 is 0 Å². The number of carbonyl (C=O) groups excluding carboxylic acids is 1. The summed E-state index contributed by atoms with van der Waals surface area (Å²) in [6.07, 6.45) is 1.76. The van der Waals surface area contributed by atoms with E-state index in [0.29, 0.717) is 37.2 Å². The van der Waals surface area contributed by atoms with E-state index in [0.717, 1.165) is 16.6 Å². The third-order valence-electron chi connectivity index (χ3n) is 5.87. The number of aryl methyl sites for hydroxylation is 1. The molecule has 0 atom stereocenters. The second-order valence-corrected chi connectivity index (χ2v) is 7.73. The highest BCUT2D eigenvalue weighted by Gasteiger charge is 2.21. The van der Waals surface area contributed by atoms with Crippen LogP contribution in [0, 0.1) is 5.82 Å². The topological polar surface area (TPSA) is 74.2 Å². The predicted molar refractivity (Wildman–Crippen MR) is 118 cm³/mol. The molecular formula is C23H22FN5O2. The number of hydrogen-bond donors (Lipinski definition) is 1. The molecular weight excluding hydrogens is 397 g/mol. The van der Waals surface area contributed by atoms with Crippen molar-refractivity contribution in [3.05, 3.63) is 71.0 Å². The van der Waals surface area contributed by atoms with Crippen LogP contribution in [-0.4, -0.2) is 51.5 Å². The van der Waals surface area contributed by atoms with Crippen LogP contribution in [0.2, 0.25) is 0 Å². The number of para-hydroxylation sites is 1. The van der Waals surface area contributed by atoms with Crippen LogP contribution in [0.15, 0.2) is 59.7 Å². The molecule has 1 amide bonds. The highest BCUT2D eigenvalue weighted by molar-refractivity contribution is 6.04. The van der Waals surface area contributed by atoms with Crippen LogP contribution < -0.4 is 10.5 Å². The van der Waals surface area contributed by atoms with Gasteiger partial charge in [0.1, 0.15) is 16.9 Å². The average molecular weight is 419 g/mol. The largest absolute Gasteiger partial charge is 0.368 e. The average Bonchev–Trinajstić information content (AvgIpc) is 3.19. The minimum Gasteiger partial charge on any atom is -0.368 e. The van der Waals surface area contributed by atoms with Gasteiger partial charge in [0.15, 0.2) is 0 Å². The number of nitrogens with one attached hydrogen (secondary N) is 1. The van der Waals surface area contributed by atoms with Crippen molar-refractivity contribution in [1.29, 1.82) is 0 Å². The van der Waals surface area contributed by atoms with Crippen LogP contribution in [0.1, 0.15) is 6.42 Å². The molecule has 5 rings (SSSR count). The van der Waals surface area contributed by atoms with E-state index in [4.69, 9.17) is 0 Å². The van der Waals surface area contributed by atoms with Crippen LogP contribution in [-0.2, 0) is 11.3 Å². The minimum atomic E-state index is -0.257. The number of hydrogen-bond acceptors (Lipinski definition) is 4. The van der Waals surface area contributed by atoms with E-state index in [9.17, 15) is 14.0 Å². The maximum atomic E-state index is 13.1. The Morgan fingerprint density at radius 2 is 1.77 bits per heavy atom. The number of carbonyl (C=O) groups is 1. The van der Waals surface area contributed by atoms with Gasteiger partial charge in [0, 0.05) is 55.7 Å². The van der Waals surface area contributed by atoms with E-state index < -0.39 is 0 Å². The number of aromatic amines is 1. The molecule has 0 aliphatic carbocycles. The molecule has 4 aromatic rings. The summed E-state index contributed by atoms with van der Waals surface area (Å²) in [5.41, 5.74) is 2.77. The lowest BCUT2D eigenvalue weighted by Crippen LogP contribution is -2.49. The maximum absolute atomic E-state index is 13.1. The second kappa shape index (κ2) is 7.86. The number of H-pyrrole nitrogens is 1. The molecule has 1 aliphatic heterocycles. The fourth-order valence-corrected chi connectivity index (χ4v) is 4.14. The van der Waals surface area contributed by atoms with Gasteiger partial charge in [0.25, 0.3) is 5.56 Å². The standard InChI is InChI=1S/C23H22FN5O2/c24-16-5-7-17(8-6-16)27-11-13-28(14-12-27)20(30)9-10-29-15-25-21-18-3-1-2-4-19(18)26-22(21)23(29)31/h1-8,15,26H,9-14H2. The number of halogens is 1. The third kappa shape index (κ3) is 3.65. The van der Waals surface area contributed by atoms with E-state index >= 15 is 0 Å². The first-order valence-corrected chi connectivity index (χ1v) is 10.3. The van der Waals surface area contributed by atoms with E-state index in [1.807, 2.05) is 29.2 Å². The van der Waals surface area contributed by atoms with E-state index in [-0.39, 0.29) is 30.2 Å². The smallest absolute Gasteiger partial charge is 0.277 e. The van der Waals surface area contributed by atoms with Crippen molar-refractivity contribution in [2.75, 3.05) is 31.1 Å². The Morgan fingerprint density at radius 3 is 2.55 bits per heavy atom. The van der Waals surface area contributed by atoms with Crippen LogP contribution in [0.5, 0.6) is 0 Å². The normalized spacial score (nSPS) is 14.5. The van der Waals surface area contributed by atoms with E-state index in [1.165, 1.54) is 23.0 Å². The van der Waals surface area contributed by atoms with Gasteiger partial charge in [-0.2, -0.15) is 0 Å². The van der Waals surface area contributed by atoms with E-state index in [1.54, 1.807) is 12.1 Å². The molecule has 0 radical (unpaired) electrons. The molecule has 0 spiro atoms. The number of piperazine rings is 1. The van der Waals surface area contributed by atoms with Crippen molar-refractivity contribution in [2.24, 2.45) is 0 Å². The molecule has 7 nitrogen and oxygen atoms in total. The van der Waals surface area contributed by atoms with Crippen molar-refractivity contribution in [2.45, 2.75) is 13.0 Å². The van der Waals surface area contributed by atoms with Gasteiger partial charge in [-0.15, -0.1) is 0 Å². The molecule has 2 aromatic carbocycles. The van der Waals surface area contributed by atoms with Gasteiger partial charge < -0.3 is 14.8 Å². The zero-order chi connectivity index (χ0) is 21.4. The van der Waals surface area contributed by atoms with Gasteiger partial charge in [-0.3, -0.25) is 14.2 Å². The highest BCUT2D eigenvalue weighted by Crippen LogP contribution is 2.21. The lowest BCUT2D eigenvalue weighted by molar-refractivity contribution is -0.131. The first kappa shape index (κ1) is 19.3. The predicted octanol–water partition coefficient (Wildman–Crippen LogP) is 2.76. The Hall–Kier alpha value is -3.68. The van der Waals surface area contributed by atoms with Crippen molar-refractivity contribution in [3.63, 3.8) is 0 Å².